The zero-order valence-corrected chi connectivity index (χ0v) is 16.0. The molecule has 6 unspecified atom stereocenters. The summed E-state index contributed by atoms with van der Waals surface area (Å²) in [7, 11) is -10.3. The molecule has 20 heavy (non-hydrogen) atoms. The molecule has 1 heterocycles. The van der Waals surface area contributed by atoms with Crippen molar-refractivity contribution in [3.63, 3.8) is 0 Å². The van der Waals surface area contributed by atoms with Crippen LogP contribution in [0, 0.1) is 0 Å². The van der Waals surface area contributed by atoms with Gasteiger partial charge in [0.15, 0.2) is 6.29 Å². The van der Waals surface area contributed by atoms with Gasteiger partial charge in [0.05, 0.1) is 6.61 Å². The monoisotopic (exact) mass is 464 g/mol. The standard InChI is InChI=1S/C5H12O11P2.Ba.H2O/c6-3-2(1-14-17(8,9)10)15-5(4(3)7)16-18(11,12)13;;/h2-7H,1H2,(H2,8,9,10)(H2,11,12,13);;1H2/q;+2;/p-2. The van der Waals surface area contributed by atoms with Crippen LogP contribution in [0.2, 0.25) is 0 Å². The van der Waals surface area contributed by atoms with Crippen molar-refractivity contribution >= 4 is 64.5 Å². The Kier molecular flexibility index (Phi) is 10.8. The molecule has 116 valence electrons. The molecule has 6 N–H and O–H groups in total. The summed E-state index contributed by atoms with van der Waals surface area (Å²) < 4.78 is 33.1. The second-order valence-electron chi connectivity index (χ2n) is 3.36. The van der Waals surface area contributed by atoms with Crippen LogP contribution in [0.3, 0.4) is 0 Å². The van der Waals surface area contributed by atoms with Gasteiger partial charge in [0, 0.05) is 0 Å². The van der Waals surface area contributed by atoms with Crippen molar-refractivity contribution in [3.05, 3.63) is 0 Å². The van der Waals surface area contributed by atoms with Gasteiger partial charge in [-0.05, 0) is 0 Å². The molecule has 0 aliphatic carbocycles. The molecule has 0 aromatic heterocycles. The van der Waals surface area contributed by atoms with E-state index in [1.54, 1.807) is 0 Å². The molecule has 0 bridgehead atoms. The van der Waals surface area contributed by atoms with Gasteiger partial charge >= 0.3 is 48.9 Å². The second-order valence-corrected chi connectivity index (χ2v) is 5.71. The van der Waals surface area contributed by atoms with Crippen LogP contribution in [0.1, 0.15) is 0 Å². The molecule has 0 radical (unpaired) electrons. The first-order chi connectivity index (χ1) is 7.99. The van der Waals surface area contributed by atoms with Crippen molar-refractivity contribution in [1.29, 1.82) is 0 Å². The molecule has 1 rings (SSSR count). The number of phosphoric acid groups is 2. The van der Waals surface area contributed by atoms with Crippen LogP contribution in [0.15, 0.2) is 0 Å². The maximum Gasteiger partial charge on any atom is 2.00 e. The van der Waals surface area contributed by atoms with Crippen LogP contribution in [0.4, 0.5) is 0 Å². The van der Waals surface area contributed by atoms with Crippen molar-refractivity contribution in [2.75, 3.05) is 6.61 Å². The van der Waals surface area contributed by atoms with E-state index >= 15 is 0 Å². The molecule has 0 aromatic carbocycles. The molecule has 1 saturated heterocycles. The molecule has 1 aliphatic rings. The Morgan fingerprint density at radius 1 is 1.10 bits per heavy atom. The third kappa shape index (κ3) is 8.31. The van der Waals surface area contributed by atoms with E-state index in [-0.39, 0.29) is 54.4 Å². The van der Waals surface area contributed by atoms with Gasteiger partial charge in [0.25, 0.3) is 15.6 Å². The normalized spacial score (nSPS) is 35.3. The van der Waals surface area contributed by atoms with Crippen molar-refractivity contribution in [1.82, 2.24) is 0 Å². The first kappa shape index (κ1) is 23.9. The molecular weight excluding hydrogens is 451 g/mol. The van der Waals surface area contributed by atoms with E-state index in [9.17, 15) is 29.1 Å². The largest absolute Gasteiger partial charge is 2.00 e. The summed E-state index contributed by atoms with van der Waals surface area (Å²) in [5, 5.41) is 18.6. The fraction of sp³-hybridized carbons (Fsp3) is 1.00. The van der Waals surface area contributed by atoms with Crippen molar-refractivity contribution in [2.45, 2.75) is 24.6 Å². The van der Waals surface area contributed by atoms with Gasteiger partial charge in [-0.3, -0.25) is 13.7 Å². The number of hydrogen-bond acceptors (Lipinski definition) is 9. The number of rotatable bonds is 5. The fourth-order valence-electron chi connectivity index (χ4n) is 1.24. The van der Waals surface area contributed by atoms with Crippen LogP contribution in [0.25, 0.3) is 0 Å². The predicted octanol–water partition coefficient (Wildman–Crippen LogP) is -4.82. The minimum Gasteiger partial charge on any atom is -0.756 e. The Balaban J connectivity index is 0. The number of ether oxygens (including phenoxy) is 1. The third-order valence-electron chi connectivity index (χ3n) is 1.96. The van der Waals surface area contributed by atoms with E-state index in [2.05, 4.69) is 13.8 Å². The SMILES string of the molecule is O.O=P([O-])(O)OCC1OC(OP(=O)([O-])O)C(O)C1O.[Ba+2]. The van der Waals surface area contributed by atoms with Gasteiger partial charge in [-0.1, -0.05) is 0 Å². The molecule has 1 aliphatic heterocycles. The summed E-state index contributed by atoms with van der Waals surface area (Å²) in [5.74, 6) is 0. The third-order valence-corrected chi connectivity index (χ3v) is 2.91. The molecule has 0 spiro atoms. The Morgan fingerprint density at radius 3 is 2.00 bits per heavy atom. The second kappa shape index (κ2) is 9.06. The van der Waals surface area contributed by atoms with Gasteiger partial charge in [-0.25, -0.2) is 0 Å². The maximum absolute atomic E-state index is 10.4. The molecule has 0 aromatic rings. The molecule has 1 fully saturated rings. The van der Waals surface area contributed by atoms with Crippen molar-refractivity contribution in [3.8, 4) is 0 Å². The van der Waals surface area contributed by atoms with E-state index in [0.29, 0.717) is 0 Å². The topological polar surface area (TPSA) is 220 Å². The Hall–Kier alpha value is 1.63. The minimum atomic E-state index is -5.21. The molecule has 15 heteroatoms. The van der Waals surface area contributed by atoms with Gasteiger partial charge in [-0.15, -0.1) is 0 Å². The van der Waals surface area contributed by atoms with Gasteiger partial charge < -0.3 is 44.5 Å². The number of hydrogen-bond donors (Lipinski definition) is 4. The van der Waals surface area contributed by atoms with E-state index in [1.165, 1.54) is 0 Å². The quantitative estimate of drug-likeness (QED) is 0.224. The molecule has 12 nitrogen and oxygen atoms in total. The molecular formula is C5H12BaO12P2. The fourth-order valence-corrected chi connectivity index (χ4v) is 2.01. The van der Waals surface area contributed by atoms with Crippen LogP contribution in [-0.2, 0) is 22.9 Å². The maximum atomic E-state index is 10.4. The van der Waals surface area contributed by atoms with Crippen LogP contribution in [-0.4, -0.2) is 106 Å². The summed E-state index contributed by atoms with van der Waals surface area (Å²) in [6.45, 7) is -0.871. The summed E-state index contributed by atoms with van der Waals surface area (Å²) in [5.41, 5.74) is 0. The first-order valence-electron chi connectivity index (χ1n) is 4.42. The average molecular weight is 463 g/mol. The van der Waals surface area contributed by atoms with E-state index in [0.717, 1.165) is 0 Å². The Morgan fingerprint density at radius 2 is 1.60 bits per heavy atom. The van der Waals surface area contributed by atoms with Gasteiger partial charge in [0.2, 0.25) is 0 Å². The summed E-state index contributed by atoms with van der Waals surface area (Å²) in [4.78, 5) is 37.3. The Labute approximate surface area is 152 Å². The zero-order valence-electron chi connectivity index (χ0n) is 9.76. The zero-order chi connectivity index (χ0) is 14.1. The van der Waals surface area contributed by atoms with Crippen LogP contribution < -0.4 is 9.79 Å². The molecule has 6 atom stereocenters. The minimum absolute atomic E-state index is 0. The molecule has 0 amide bonds. The van der Waals surface area contributed by atoms with Crippen LogP contribution >= 0.6 is 15.6 Å². The summed E-state index contributed by atoms with van der Waals surface area (Å²) >= 11 is 0. The van der Waals surface area contributed by atoms with E-state index in [4.69, 9.17) is 9.79 Å². The number of aliphatic hydroxyl groups excluding tert-OH is 2. The average Bonchev–Trinajstić information content (AvgIpc) is 2.40. The predicted molar refractivity (Wildman–Crippen MR) is 56.7 cm³/mol. The van der Waals surface area contributed by atoms with Gasteiger partial charge in [0.1, 0.15) is 18.3 Å². The smallest absolute Gasteiger partial charge is 0.756 e. The van der Waals surface area contributed by atoms with E-state index in [1.807, 2.05) is 0 Å². The first-order valence-corrected chi connectivity index (χ1v) is 7.41. The van der Waals surface area contributed by atoms with Gasteiger partial charge in [-0.2, -0.15) is 0 Å². The number of aliphatic hydroxyl groups is 2. The van der Waals surface area contributed by atoms with Crippen molar-refractivity contribution in [2.24, 2.45) is 0 Å². The number of phosphoric ester groups is 2. The van der Waals surface area contributed by atoms with E-state index < -0.39 is 46.9 Å². The Bertz CT molecular complexity index is 378. The molecule has 0 saturated carbocycles. The summed E-state index contributed by atoms with van der Waals surface area (Å²) in [6.07, 6.45) is -6.96. The van der Waals surface area contributed by atoms with Crippen LogP contribution in [0.5, 0.6) is 0 Å². The summed E-state index contributed by atoms with van der Waals surface area (Å²) in [6, 6.07) is 0. The van der Waals surface area contributed by atoms with Crippen molar-refractivity contribution < 1.29 is 58.2 Å².